The van der Waals surface area contributed by atoms with E-state index in [1.54, 1.807) is 11.1 Å². The minimum absolute atomic E-state index is 0. The monoisotopic (exact) mass is 340 g/mol. The maximum atomic E-state index is 2.49. The van der Waals surface area contributed by atoms with E-state index in [0.29, 0.717) is 0 Å². The van der Waals surface area contributed by atoms with Crippen LogP contribution >= 0.6 is 0 Å². The van der Waals surface area contributed by atoms with Gasteiger partial charge in [0.1, 0.15) is 0 Å². The van der Waals surface area contributed by atoms with Gasteiger partial charge >= 0.3 is 0 Å². The zero-order valence-corrected chi connectivity index (χ0v) is 14.9. The third kappa shape index (κ3) is 2.43. The molecule has 2 aliphatic carbocycles. The van der Waals surface area contributed by atoms with Crippen LogP contribution in [-0.4, -0.2) is 0 Å². The molecule has 0 N–H and O–H groups in total. The number of rotatable bonds is 1. The van der Waals surface area contributed by atoms with Crippen LogP contribution in [0.3, 0.4) is 0 Å². The highest BCUT2D eigenvalue weighted by atomic mass is 14.5. The van der Waals surface area contributed by atoms with Crippen molar-refractivity contribution < 1.29 is 0 Å². The van der Waals surface area contributed by atoms with Gasteiger partial charge in [-0.15, -0.1) is 0 Å². The predicted octanol–water partition coefficient (Wildman–Crippen LogP) is 7.53. The summed E-state index contributed by atoms with van der Waals surface area (Å²) in [5, 5.41) is 0. The fraction of sp³-hybridized carbons (Fsp3) is 0.308. The first-order valence-electron chi connectivity index (χ1n) is 9.59. The predicted molar refractivity (Wildman–Crippen MR) is 113 cm³/mol. The number of benzene rings is 3. The van der Waals surface area contributed by atoms with Crippen molar-refractivity contribution >= 4 is 0 Å². The summed E-state index contributed by atoms with van der Waals surface area (Å²) in [6.45, 7) is 2.23. The second kappa shape index (κ2) is 6.43. The van der Waals surface area contributed by atoms with Gasteiger partial charge in [0.25, 0.3) is 0 Å². The van der Waals surface area contributed by atoms with Gasteiger partial charge < -0.3 is 0 Å². The van der Waals surface area contributed by atoms with Crippen molar-refractivity contribution in [1.29, 1.82) is 0 Å². The molecule has 1 spiro atoms. The molecule has 0 saturated heterocycles. The van der Waals surface area contributed by atoms with Crippen molar-refractivity contribution in [3.8, 4) is 22.3 Å². The summed E-state index contributed by atoms with van der Waals surface area (Å²) in [5.41, 5.74) is 10.4. The van der Waals surface area contributed by atoms with Crippen LogP contribution in [0.4, 0.5) is 0 Å². The zero-order chi connectivity index (χ0) is 16.9. The Morgan fingerprint density at radius 3 is 2.04 bits per heavy atom. The quantitative estimate of drug-likeness (QED) is 0.429. The third-order valence-electron chi connectivity index (χ3n) is 6.33. The topological polar surface area (TPSA) is 0 Å². The Bertz CT molecular complexity index is 928. The Kier molecular flexibility index (Phi) is 4.23. The van der Waals surface area contributed by atoms with E-state index in [9.17, 15) is 0 Å². The van der Waals surface area contributed by atoms with Crippen LogP contribution in [0.2, 0.25) is 0 Å². The summed E-state index contributed by atoms with van der Waals surface area (Å²) in [5.74, 6) is 0. The maximum absolute atomic E-state index is 2.49. The lowest BCUT2D eigenvalue weighted by Gasteiger charge is -2.36. The second-order valence-electron chi connectivity index (χ2n) is 7.82. The first-order chi connectivity index (χ1) is 12.3. The molecule has 26 heavy (non-hydrogen) atoms. The van der Waals surface area contributed by atoms with Crippen LogP contribution in [0.1, 0.15) is 56.2 Å². The van der Waals surface area contributed by atoms with Gasteiger partial charge in [-0.25, -0.2) is 0 Å². The average molecular weight is 341 g/mol. The molecule has 0 amide bonds. The van der Waals surface area contributed by atoms with Crippen molar-refractivity contribution in [1.82, 2.24) is 0 Å². The Hall–Kier alpha value is -2.34. The summed E-state index contributed by atoms with van der Waals surface area (Å²) in [4.78, 5) is 0. The fourth-order valence-corrected chi connectivity index (χ4v) is 5.11. The van der Waals surface area contributed by atoms with E-state index in [0.717, 1.165) is 0 Å². The minimum Gasteiger partial charge on any atom is -0.0776 e. The molecule has 0 bridgehead atoms. The molecule has 2 aliphatic rings. The lowest BCUT2D eigenvalue weighted by atomic mass is 9.67. The van der Waals surface area contributed by atoms with Crippen LogP contribution in [-0.2, 0) is 5.41 Å². The van der Waals surface area contributed by atoms with Gasteiger partial charge in [-0.1, -0.05) is 92.9 Å². The second-order valence-corrected chi connectivity index (χ2v) is 7.82. The van der Waals surface area contributed by atoms with Gasteiger partial charge in [0, 0.05) is 5.41 Å². The zero-order valence-electron chi connectivity index (χ0n) is 14.9. The number of aryl methyl sites for hydroxylation is 1. The molecular formula is C26H28. The molecule has 0 heteroatoms. The van der Waals surface area contributed by atoms with Gasteiger partial charge in [-0.2, -0.15) is 0 Å². The van der Waals surface area contributed by atoms with Crippen LogP contribution in [0.25, 0.3) is 22.3 Å². The first kappa shape index (κ1) is 17.1. The summed E-state index contributed by atoms with van der Waals surface area (Å²) in [6, 6.07) is 25.1. The highest BCUT2D eigenvalue weighted by Crippen LogP contribution is 2.56. The SMILES string of the molecule is C.Cc1ccc2c(c1)C1(CCCCC1)c1cc(-c3ccccc3)ccc1-2. The molecule has 0 unspecified atom stereocenters. The van der Waals surface area contributed by atoms with E-state index < -0.39 is 0 Å². The van der Waals surface area contributed by atoms with Crippen molar-refractivity contribution in [3.05, 3.63) is 83.4 Å². The van der Waals surface area contributed by atoms with E-state index in [2.05, 4.69) is 73.7 Å². The molecule has 0 nitrogen and oxygen atoms in total. The van der Waals surface area contributed by atoms with E-state index in [1.165, 1.54) is 59.9 Å². The standard InChI is InChI=1S/C25H24.CH4/c1-18-10-12-21-22-13-11-20(19-8-4-2-5-9-19)17-24(22)25(23(21)16-18)14-6-3-7-15-25;/h2,4-5,8-13,16-17H,3,6-7,14-15H2,1H3;1H4. The molecule has 3 aromatic carbocycles. The molecule has 0 atom stereocenters. The molecule has 1 fully saturated rings. The van der Waals surface area contributed by atoms with Crippen molar-refractivity contribution in [2.24, 2.45) is 0 Å². The number of fused-ring (bicyclic) bond motifs is 5. The number of hydrogen-bond acceptors (Lipinski definition) is 0. The van der Waals surface area contributed by atoms with Crippen LogP contribution in [0.15, 0.2) is 66.7 Å². The van der Waals surface area contributed by atoms with Gasteiger partial charge in [0.15, 0.2) is 0 Å². The molecule has 132 valence electrons. The Balaban J connectivity index is 0.00000168. The van der Waals surface area contributed by atoms with E-state index in [-0.39, 0.29) is 12.8 Å². The molecule has 0 aliphatic heterocycles. The van der Waals surface area contributed by atoms with Crippen LogP contribution in [0.5, 0.6) is 0 Å². The first-order valence-corrected chi connectivity index (χ1v) is 9.59. The van der Waals surface area contributed by atoms with Gasteiger partial charge in [0.05, 0.1) is 0 Å². The summed E-state index contributed by atoms with van der Waals surface area (Å²) in [6.07, 6.45) is 6.69. The molecule has 0 heterocycles. The summed E-state index contributed by atoms with van der Waals surface area (Å²) >= 11 is 0. The summed E-state index contributed by atoms with van der Waals surface area (Å²) < 4.78 is 0. The smallest absolute Gasteiger partial charge is 0.0215 e. The highest BCUT2D eigenvalue weighted by Gasteiger charge is 2.43. The Morgan fingerprint density at radius 1 is 0.654 bits per heavy atom. The van der Waals surface area contributed by atoms with Crippen LogP contribution < -0.4 is 0 Å². The largest absolute Gasteiger partial charge is 0.0776 e. The van der Waals surface area contributed by atoms with Gasteiger partial charge in [-0.05, 0) is 59.2 Å². The Morgan fingerprint density at radius 2 is 1.31 bits per heavy atom. The third-order valence-corrected chi connectivity index (χ3v) is 6.33. The van der Waals surface area contributed by atoms with Crippen molar-refractivity contribution in [2.45, 2.75) is 51.9 Å². The summed E-state index contributed by atoms with van der Waals surface area (Å²) in [7, 11) is 0. The molecule has 0 aromatic heterocycles. The lowest BCUT2D eigenvalue weighted by molar-refractivity contribution is 0.353. The van der Waals surface area contributed by atoms with Gasteiger partial charge in [0.2, 0.25) is 0 Å². The lowest BCUT2D eigenvalue weighted by Crippen LogP contribution is -2.28. The average Bonchev–Trinajstić information content (AvgIpc) is 2.92. The molecule has 5 rings (SSSR count). The van der Waals surface area contributed by atoms with Crippen molar-refractivity contribution in [3.63, 3.8) is 0 Å². The Labute approximate surface area is 157 Å². The molecule has 0 radical (unpaired) electrons. The van der Waals surface area contributed by atoms with Crippen molar-refractivity contribution in [2.75, 3.05) is 0 Å². The highest BCUT2D eigenvalue weighted by molar-refractivity contribution is 5.84. The molecular weight excluding hydrogens is 312 g/mol. The van der Waals surface area contributed by atoms with Gasteiger partial charge in [-0.3, -0.25) is 0 Å². The number of hydrogen-bond donors (Lipinski definition) is 0. The maximum Gasteiger partial charge on any atom is 0.0215 e. The van der Waals surface area contributed by atoms with Crippen LogP contribution in [0, 0.1) is 6.92 Å². The molecule has 1 saturated carbocycles. The fourth-order valence-electron chi connectivity index (χ4n) is 5.11. The van der Waals surface area contributed by atoms with E-state index in [1.807, 2.05) is 0 Å². The van der Waals surface area contributed by atoms with E-state index in [4.69, 9.17) is 0 Å². The minimum atomic E-state index is 0. The normalized spacial score (nSPS) is 16.7. The molecule has 3 aromatic rings. The van der Waals surface area contributed by atoms with E-state index >= 15 is 0 Å².